The molecule has 2 aromatic rings. The molecule has 1 heterocycles. The molecule has 0 saturated heterocycles. The SMILES string of the molecule is COCCN(Cc1ccc(C)s1)C[C@H](O)c1ccccc1. The first-order valence-electron chi connectivity index (χ1n) is 7.18. The number of thiophene rings is 1. The lowest BCUT2D eigenvalue weighted by atomic mass is 10.1. The van der Waals surface area contributed by atoms with Crippen LogP contribution in [0.5, 0.6) is 0 Å². The summed E-state index contributed by atoms with van der Waals surface area (Å²) in [5, 5.41) is 10.4. The zero-order valence-corrected chi connectivity index (χ0v) is 13.5. The first-order valence-corrected chi connectivity index (χ1v) is 8.00. The van der Waals surface area contributed by atoms with E-state index in [-0.39, 0.29) is 0 Å². The molecule has 0 unspecified atom stereocenters. The molecule has 114 valence electrons. The number of hydrogen-bond acceptors (Lipinski definition) is 4. The first-order chi connectivity index (χ1) is 10.2. The van der Waals surface area contributed by atoms with Crippen molar-refractivity contribution in [1.29, 1.82) is 0 Å². The molecule has 1 atom stereocenters. The number of aliphatic hydroxyl groups excluding tert-OH is 1. The fourth-order valence-corrected chi connectivity index (χ4v) is 3.20. The van der Waals surface area contributed by atoms with Crippen LogP contribution in [-0.2, 0) is 11.3 Å². The zero-order chi connectivity index (χ0) is 15.1. The molecule has 0 saturated carbocycles. The number of hydrogen-bond donors (Lipinski definition) is 1. The van der Waals surface area contributed by atoms with Gasteiger partial charge in [-0.1, -0.05) is 30.3 Å². The fraction of sp³-hybridized carbons (Fsp3) is 0.412. The highest BCUT2D eigenvalue weighted by atomic mass is 32.1. The van der Waals surface area contributed by atoms with Crippen molar-refractivity contribution in [2.24, 2.45) is 0 Å². The summed E-state index contributed by atoms with van der Waals surface area (Å²) in [7, 11) is 1.71. The summed E-state index contributed by atoms with van der Waals surface area (Å²) < 4.78 is 5.18. The highest BCUT2D eigenvalue weighted by Gasteiger charge is 2.14. The summed E-state index contributed by atoms with van der Waals surface area (Å²) >= 11 is 1.81. The maximum Gasteiger partial charge on any atom is 0.0917 e. The molecular formula is C17H23NO2S. The summed E-state index contributed by atoms with van der Waals surface area (Å²) in [5.74, 6) is 0. The Labute approximate surface area is 130 Å². The van der Waals surface area contributed by atoms with Crippen molar-refractivity contribution < 1.29 is 9.84 Å². The van der Waals surface area contributed by atoms with Crippen LogP contribution in [0, 0.1) is 6.92 Å². The van der Waals surface area contributed by atoms with Crippen molar-refractivity contribution in [3.8, 4) is 0 Å². The summed E-state index contributed by atoms with van der Waals surface area (Å²) in [4.78, 5) is 4.89. The molecule has 0 radical (unpaired) electrons. The van der Waals surface area contributed by atoms with Crippen LogP contribution >= 0.6 is 11.3 Å². The Balaban J connectivity index is 1.98. The molecule has 1 aromatic heterocycles. The Morgan fingerprint density at radius 1 is 1.19 bits per heavy atom. The molecule has 0 aliphatic rings. The summed E-state index contributed by atoms with van der Waals surface area (Å²) in [6.07, 6.45) is -0.468. The smallest absolute Gasteiger partial charge is 0.0917 e. The minimum atomic E-state index is -0.468. The van der Waals surface area contributed by atoms with Crippen LogP contribution in [-0.4, -0.2) is 36.8 Å². The molecule has 0 spiro atoms. The Morgan fingerprint density at radius 2 is 1.95 bits per heavy atom. The predicted molar refractivity (Wildman–Crippen MR) is 87.6 cm³/mol. The topological polar surface area (TPSA) is 32.7 Å². The Kier molecular flexibility index (Phi) is 6.39. The van der Waals surface area contributed by atoms with E-state index in [9.17, 15) is 5.11 Å². The van der Waals surface area contributed by atoms with Crippen molar-refractivity contribution >= 4 is 11.3 Å². The van der Waals surface area contributed by atoms with Crippen molar-refractivity contribution in [3.05, 3.63) is 57.8 Å². The van der Waals surface area contributed by atoms with Crippen molar-refractivity contribution in [2.45, 2.75) is 19.6 Å². The lowest BCUT2D eigenvalue weighted by Gasteiger charge is -2.24. The van der Waals surface area contributed by atoms with Gasteiger partial charge in [0.1, 0.15) is 0 Å². The van der Waals surface area contributed by atoms with Gasteiger partial charge >= 0.3 is 0 Å². The Morgan fingerprint density at radius 3 is 2.57 bits per heavy atom. The predicted octanol–water partition coefficient (Wildman–Crippen LogP) is 3.24. The molecule has 4 heteroatoms. The molecular weight excluding hydrogens is 282 g/mol. The quantitative estimate of drug-likeness (QED) is 0.812. The van der Waals surface area contributed by atoms with Gasteiger partial charge in [0.2, 0.25) is 0 Å². The van der Waals surface area contributed by atoms with Crippen molar-refractivity contribution in [1.82, 2.24) is 4.90 Å². The van der Waals surface area contributed by atoms with Gasteiger partial charge in [0.05, 0.1) is 12.7 Å². The number of benzene rings is 1. The number of aryl methyl sites for hydroxylation is 1. The van der Waals surface area contributed by atoms with Crippen molar-refractivity contribution in [3.63, 3.8) is 0 Å². The second-order valence-electron chi connectivity index (χ2n) is 5.17. The van der Waals surface area contributed by atoms with E-state index in [1.54, 1.807) is 7.11 Å². The van der Waals surface area contributed by atoms with Gasteiger partial charge in [-0.15, -0.1) is 11.3 Å². The largest absolute Gasteiger partial charge is 0.387 e. The normalized spacial score (nSPS) is 12.8. The van der Waals surface area contributed by atoms with Gasteiger partial charge < -0.3 is 9.84 Å². The van der Waals surface area contributed by atoms with Gasteiger partial charge in [0, 0.05) is 36.5 Å². The minimum Gasteiger partial charge on any atom is -0.387 e. The van der Waals surface area contributed by atoms with Crippen LogP contribution in [0.25, 0.3) is 0 Å². The summed E-state index contributed by atoms with van der Waals surface area (Å²) in [6.45, 7) is 5.08. The number of aliphatic hydroxyl groups is 1. The van der Waals surface area contributed by atoms with Gasteiger partial charge in [-0.3, -0.25) is 4.90 Å². The average molecular weight is 305 g/mol. The molecule has 0 bridgehead atoms. The molecule has 0 fully saturated rings. The third kappa shape index (κ3) is 5.25. The van der Waals surface area contributed by atoms with E-state index in [4.69, 9.17) is 4.74 Å². The molecule has 2 rings (SSSR count). The van der Waals surface area contributed by atoms with E-state index in [0.717, 1.165) is 18.7 Å². The second-order valence-corrected chi connectivity index (χ2v) is 6.54. The average Bonchev–Trinajstić information content (AvgIpc) is 2.90. The lowest BCUT2D eigenvalue weighted by molar-refractivity contribution is 0.0855. The van der Waals surface area contributed by atoms with Gasteiger partial charge in [-0.05, 0) is 24.6 Å². The molecule has 1 aromatic carbocycles. The summed E-state index contributed by atoms with van der Waals surface area (Å²) in [5.41, 5.74) is 0.960. The standard InChI is InChI=1S/C17H23NO2S/c1-14-8-9-16(21-14)12-18(10-11-20-2)13-17(19)15-6-4-3-5-7-15/h3-9,17,19H,10-13H2,1-2H3/t17-/m0/s1. The maximum absolute atomic E-state index is 10.4. The van der Waals surface area contributed by atoms with Crippen molar-refractivity contribution in [2.75, 3.05) is 26.8 Å². The fourth-order valence-electron chi connectivity index (χ4n) is 2.27. The van der Waals surface area contributed by atoms with Crippen LogP contribution in [0.4, 0.5) is 0 Å². The van der Waals surface area contributed by atoms with Crippen LogP contribution in [0.15, 0.2) is 42.5 Å². The zero-order valence-electron chi connectivity index (χ0n) is 12.7. The number of nitrogens with zero attached hydrogens (tertiary/aromatic N) is 1. The van der Waals surface area contributed by atoms with E-state index >= 15 is 0 Å². The minimum absolute atomic E-state index is 0.468. The monoisotopic (exact) mass is 305 g/mol. The first kappa shape index (κ1) is 16.2. The molecule has 0 aliphatic heterocycles. The van der Waals surface area contributed by atoms with Crippen LogP contribution < -0.4 is 0 Å². The number of rotatable bonds is 8. The maximum atomic E-state index is 10.4. The van der Waals surface area contributed by atoms with E-state index in [1.807, 2.05) is 41.7 Å². The third-order valence-electron chi connectivity index (χ3n) is 3.40. The second kappa shape index (κ2) is 8.29. The molecule has 3 nitrogen and oxygen atoms in total. The number of methoxy groups -OCH3 is 1. The highest BCUT2D eigenvalue weighted by molar-refractivity contribution is 7.11. The molecule has 1 N–H and O–H groups in total. The number of ether oxygens (including phenoxy) is 1. The van der Waals surface area contributed by atoms with Gasteiger partial charge in [-0.25, -0.2) is 0 Å². The van der Waals surface area contributed by atoms with Gasteiger partial charge in [-0.2, -0.15) is 0 Å². The third-order valence-corrected chi connectivity index (χ3v) is 4.39. The van der Waals surface area contributed by atoms with Gasteiger partial charge in [0.15, 0.2) is 0 Å². The summed E-state index contributed by atoms with van der Waals surface area (Å²) in [6, 6.07) is 14.1. The van der Waals surface area contributed by atoms with Crippen LogP contribution in [0.3, 0.4) is 0 Å². The van der Waals surface area contributed by atoms with Crippen LogP contribution in [0.1, 0.15) is 21.4 Å². The molecule has 21 heavy (non-hydrogen) atoms. The van der Waals surface area contributed by atoms with E-state index in [2.05, 4.69) is 24.0 Å². The van der Waals surface area contributed by atoms with Gasteiger partial charge in [0.25, 0.3) is 0 Å². The van der Waals surface area contributed by atoms with E-state index < -0.39 is 6.10 Å². The highest BCUT2D eigenvalue weighted by Crippen LogP contribution is 2.19. The molecule has 0 aliphatic carbocycles. The Bertz CT molecular complexity index is 527. The van der Waals surface area contributed by atoms with E-state index in [0.29, 0.717) is 13.2 Å². The Hall–Kier alpha value is -1.20. The van der Waals surface area contributed by atoms with Crippen LogP contribution in [0.2, 0.25) is 0 Å². The lowest BCUT2D eigenvalue weighted by Crippen LogP contribution is -2.31. The van der Waals surface area contributed by atoms with E-state index in [1.165, 1.54) is 9.75 Å². The molecule has 0 amide bonds.